The summed E-state index contributed by atoms with van der Waals surface area (Å²) in [6.07, 6.45) is 0.993. The zero-order chi connectivity index (χ0) is 20.9. The number of halogens is 2. The van der Waals surface area contributed by atoms with Crippen molar-refractivity contribution in [1.29, 1.82) is 0 Å². The van der Waals surface area contributed by atoms with Crippen LogP contribution in [0.4, 0.5) is 8.78 Å². The number of amides is 1. The third kappa shape index (κ3) is 5.31. The molecule has 1 amide bonds. The lowest BCUT2D eigenvalue weighted by molar-refractivity contribution is -0.133. The van der Waals surface area contributed by atoms with Crippen molar-refractivity contribution in [2.24, 2.45) is 0 Å². The molecule has 2 aromatic carbocycles. The second-order valence-electron chi connectivity index (χ2n) is 7.25. The van der Waals surface area contributed by atoms with Crippen molar-refractivity contribution in [3.63, 3.8) is 0 Å². The number of aryl methyl sites for hydroxylation is 1. The Morgan fingerprint density at radius 2 is 1.80 bits per heavy atom. The highest BCUT2D eigenvalue weighted by atomic mass is 32.1. The van der Waals surface area contributed by atoms with Crippen LogP contribution in [-0.4, -0.2) is 53.5 Å². The molecule has 0 bridgehead atoms. The zero-order valence-corrected chi connectivity index (χ0v) is 17.3. The highest BCUT2D eigenvalue weighted by Gasteiger charge is 2.21. The lowest BCUT2D eigenvalue weighted by Gasteiger charge is -2.34. The van der Waals surface area contributed by atoms with Gasteiger partial charge in [-0.3, -0.25) is 9.69 Å². The van der Waals surface area contributed by atoms with E-state index in [0.29, 0.717) is 25.9 Å². The summed E-state index contributed by atoms with van der Waals surface area (Å²) in [4.78, 5) is 21.5. The molecule has 1 aliphatic heterocycles. The molecule has 0 unspecified atom stereocenters. The molecule has 1 aliphatic rings. The standard InChI is InChI=1S/C22H23F2N3O2S/c23-22(24)29-17-8-5-16(6-9-17)7-10-21(28)27-13-11-26(12-14-27)15-20-25-18-3-1-2-4-19(18)30-20/h1-6,8-9,22H,7,10-15H2. The molecule has 0 spiro atoms. The van der Waals surface area contributed by atoms with E-state index in [-0.39, 0.29) is 11.7 Å². The highest BCUT2D eigenvalue weighted by Crippen LogP contribution is 2.23. The van der Waals surface area contributed by atoms with E-state index in [4.69, 9.17) is 4.98 Å². The van der Waals surface area contributed by atoms with E-state index in [1.54, 1.807) is 23.5 Å². The first kappa shape index (κ1) is 20.7. The van der Waals surface area contributed by atoms with Crippen LogP contribution in [0.5, 0.6) is 5.75 Å². The van der Waals surface area contributed by atoms with Crippen LogP contribution in [0.2, 0.25) is 0 Å². The van der Waals surface area contributed by atoms with Crippen LogP contribution in [0.3, 0.4) is 0 Å². The van der Waals surface area contributed by atoms with E-state index in [1.165, 1.54) is 16.8 Å². The van der Waals surface area contributed by atoms with E-state index in [0.717, 1.165) is 35.7 Å². The minimum atomic E-state index is -2.83. The summed E-state index contributed by atoms with van der Waals surface area (Å²) >= 11 is 1.72. The number of benzene rings is 2. The topological polar surface area (TPSA) is 45.7 Å². The Labute approximate surface area is 177 Å². The molecular formula is C22H23F2N3O2S. The van der Waals surface area contributed by atoms with Gasteiger partial charge in [-0.1, -0.05) is 24.3 Å². The number of aromatic nitrogens is 1. The summed E-state index contributed by atoms with van der Waals surface area (Å²) in [6.45, 7) is 1.08. The Bertz CT molecular complexity index is 952. The van der Waals surface area contributed by atoms with E-state index < -0.39 is 6.61 Å². The summed E-state index contributed by atoms with van der Waals surface area (Å²) in [6, 6.07) is 14.6. The fourth-order valence-corrected chi connectivity index (χ4v) is 4.59. The molecule has 0 N–H and O–H groups in total. The minimum Gasteiger partial charge on any atom is -0.435 e. The predicted molar refractivity (Wildman–Crippen MR) is 113 cm³/mol. The number of alkyl halides is 2. The Balaban J connectivity index is 1.22. The van der Waals surface area contributed by atoms with Gasteiger partial charge in [0.2, 0.25) is 5.91 Å². The summed E-state index contributed by atoms with van der Waals surface area (Å²) < 4.78 is 29.9. The molecule has 2 heterocycles. The van der Waals surface area contributed by atoms with Crippen LogP contribution in [0.25, 0.3) is 10.2 Å². The van der Waals surface area contributed by atoms with Crippen molar-refractivity contribution in [3.05, 3.63) is 59.1 Å². The van der Waals surface area contributed by atoms with Gasteiger partial charge in [-0.15, -0.1) is 11.3 Å². The molecule has 4 rings (SSSR count). The molecule has 1 fully saturated rings. The van der Waals surface area contributed by atoms with Gasteiger partial charge >= 0.3 is 6.61 Å². The van der Waals surface area contributed by atoms with Crippen molar-refractivity contribution in [3.8, 4) is 5.75 Å². The molecule has 0 saturated carbocycles. The average molecular weight is 432 g/mol. The summed E-state index contributed by atoms with van der Waals surface area (Å²) in [5.41, 5.74) is 1.97. The first-order valence-corrected chi connectivity index (χ1v) is 10.8. The molecule has 0 aliphatic carbocycles. The van der Waals surface area contributed by atoms with Gasteiger partial charge in [-0.05, 0) is 36.2 Å². The van der Waals surface area contributed by atoms with E-state index in [1.807, 2.05) is 23.1 Å². The quantitative estimate of drug-likeness (QED) is 0.563. The highest BCUT2D eigenvalue weighted by molar-refractivity contribution is 7.18. The molecule has 8 heteroatoms. The SMILES string of the molecule is O=C(CCc1ccc(OC(F)F)cc1)N1CCN(Cc2nc3ccccc3s2)CC1. The normalized spacial score (nSPS) is 15.1. The minimum absolute atomic E-state index is 0.127. The number of fused-ring (bicyclic) bond motifs is 1. The first-order chi connectivity index (χ1) is 14.6. The molecule has 0 atom stereocenters. The summed E-state index contributed by atoms with van der Waals surface area (Å²) in [7, 11) is 0. The zero-order valence-electron chi connectivity index (χ0n) is 16.5. The maximum atomic E-state index is 12.5. The molecule has 30 heavy (non-hydrogen) atoms. The number of hydrogen-bond acceptors (Lipinski definition) is 5. The molecule has 1 saturated heterocycles. The van der Waals surface area contributed by atoms with Crippen molar-refractivity contribution < 1.29 is 18.3 Å². The van der Waals surface area contributed by atoms with Crippen LogP contribution in [0.1, 0.15) is 17.0 Å². The number of thiazole rings is 1. The smallest absolute Gasteiger partial charge is 0.387 e. The second kappa shape index (κ2) is 9.49. The van der Waals surface area contributed by atoms with Gasteiger partial charge in [0, 0.05) is 32.6 Å². The van der Waals surface area contributed by atoms with Crippen molar-refractivity contribution >= 4 is 27.5 Å². The molecule has 158 valence electrons. The fourth-order valence-electron chi connectivity index (χ4n) is 3.58. The maximum absolute atomic E-state index is 12.5. The first-order valence-electron chi connectivity index (χ1n) is 9.95. The van der Waals surface area contributed by atoms with Gasteiger partial charge in [-0.25, -0.2) is 4.98 Å². The lowest BCUT2D eigenvalue weighted by atomic mass is 10.1. The monoisotopic (exact) mass is 431 g/mol. The van der Waals surface area contributed by atoms with Gasteiger partial charge in [0.05, 0.1) is 16.8 Å². The van der Waals surface area contributed by atoms with Gasteiger partial charge in [0.1, 0.15) is 10.8 Å². The molecule has 0 radical (unpaired) electrons. The maximum Gasteiger partial charge on any atom is 0.387 e. The van der Waals surface area contributed by atoms with Gasteiger partial charge < -0.3 is 9.64 Å². The molecule has 1 aromatic heterocycles. The van der Waals surface area contributed by atoms with Crippen LogP contribution in [0, 0.1) is 0 Å². The van der Waals surface area contributed by atoms with Gasteiger partial charge in [0.15, 0.2) is 0 Å². The molecule has 3 aromatic rings. The van der Waals surface area contributed by atoms with Crippen molar-refractivity contribution in [2.75, 3.05) is 26.2 Å². The Hall–Kier alpha value is -2.58. The van der Waals surface area contributed by atoms with Crippen LogP contribution in [0.15, 0.2) is 48.5 Å². The fraction of sp³-hybridized carbons (Fsp3) is 0.364. The van der Waals surface area contributed by atoms with Gasteiger partial charge in [0.25, 0.3) is 0 Å². The number of para-hydroxylation sites is 1. The van der Waals surface area contributed by atoms with Gasteiger partial charge in [-0.2, -0.15) is 8.78 Å². The number of rotatable bonds is 7. The van der Waals surface area contributed by atoms with E-state index >= 15 is 0 Å². The van der Waals surface area contributed by atoms with Crippen LogP contribution < -0.4 is 4.74 Å². The second-order valence-corrected chi connectivity index (χ2v) is 8.37. The summed E-state index contributed by atoms with van der Waals surface area (Å²) in [5, 5.41) is 1.11. The number of carbonyl (C=O) groups is 1. The third-order valence-corrected chi connectivity index (χ3v) is 6.22. The number of piperazine rings is 1. The van der Waals surface area contributed by atoms with Crippen molar-refractivity contribution in [1.82, 2.24) is 14.8 Å². The largest absolute Gasteiger partial charge is 0.435 e. The average Bonchev–Trinajstić information content (AvgIpc) is 3.15. The number of nitrogens with zero attached hydrogens (tertiary/aromatic N) is 3. The number of carbonyl (C=O) groups excluding carboxylic acids is 1. The number of hydrogen-bond donors (Lipinski definition) is 0. The van der Waals surface area contributed by atoms with E-state index in [9.17, 15) is 13.6 Å². The number of ether oxygens (including phenoxy) is 1. The Kier molecular flexibility index (Phi) is 6.54. The Morgan fingerprint density at radius 3 is 2.50 bits per heavy atom. The van der Waals surface area contributed by atoms with Crippen molar-refractivity contribution in [2.45, 2.75) is 26.0 Å². The Morgan fingerprint density at radius 1 is 1.07 bits per heavy atom. The van der Waals surface area contributed by atoms with Crippen LogP contribution in [-0.2, 0) is 17.8 Å². The molecule has 5 nitrogen and oxygen atoms in total. The molecular weight excluding hydrogens is 408 g/mol. The lowest BCUT2D eigenvalue weighted by Crippen LogP contribution is -2.48. The van der Waals surface area contributed by atoms with E-state index in [2.05, 4.69) is 15.7 Å². The van der Waals surface area contributed by atoms with Crippen LogP contribution >= 0.6 is 11.3 Å². The third-order valence-electron chi connectivity index (χ3n) is 5.20. The summed E-state index contributed by atoms with van der Waals surface area (Å²) in [5.74, 6) is 0.256. The predicted octanol–water partition coefficient (Wildman–Crippen LogP) is 4.17.